The summed E-state index contributed by atoms with van der Waals surface area (Å²) in [5, 5.41) is 0.508. The van der Waals surface area contributed by atoms with Gasteiger partial charge in [0.05, 0.1) is 11.3 Å². The number of nitrogens with zero attached hydrogens (tertiary/aromatic N) is 2. The smallest absolute Gasteiger partial charge is 0.138 e. The van der Waals surface area contributed by atoms with Crippen molar-refractivity contribution < 1.29 is 0 Å². The molecule has 96 valence electrons. The first kappa shape index (κ1) is 12.4. The normalized spacial score (nSPS) is 16.7. The number of halogens is 1. The maximum Gasteiger partial charge on any atom is 0.138 e. The Morgan fingerprint density at radius 1 is 1.05 bits per heavy atom. The van der Waals surface area contributed by atoms with Crippen LogP contribution in [0.1, 0.15) is 30.5 Å². The molecule has 3 rings (SSSR count). The van der Waals surface area contributed by atoms with Gasteiger partial charge in [-0.2, -0.15) is 0 Å². The van der Waals surface area contributed by atoms with Crippen LogP contribution in [0.2, 0.25) is 5.15 Å². The lowest BCUT2D eigenvalue weighted by molar-refractivity contribution is 0.513. The van der Waals surface area contributed by atoms with E-state index in [1.807, 2.05) is 18.2 Å². The fraction of sp³-hybridized carbons (Fsp3) is 0.250. The zero-order valence-corrected chi connectivity index (χ0v) is 11.8. The molecule has 0 fully saturated rings. The highest BCUT2D eigenvalue weighted by atomic mass is 35.5. The van der Waals surface area contributed by atoms with Crippen molar-refractivity contribution in [2.75, 3.05) is 0 Å². The minimum Gasteiger partial charge on any atom is -0.278 e. The number of hydrogen-bond donors (Lipinski definition) is 0. The van der Waals surface area contributed by atoms with Crippen LogP contribution < -0.4 is 0 Å². The van der Waals surface area contributed by atoms with Gasteiger partial charge >= 0.3 is 0 Å². The molecule has 2 nitrogen and oxygen atoms in total. The van der Waals surface area contributed by atoms with E-state index in [0.717, 1.165) is 23.3 Å². The van der Waals surface area contributed by atoms with Crippen molar-refractivity contribution in [3.05, 3.63) is 64.4 Å². The van der Waals surface area contributed by atoms with Gasteiger partial charge in [0.15, 0.2) is 0 Å². The van der Waals surface area contributed by atoms with E-state index < -0.39 is 0 Å². The Labute approximate surface area is 118 Å². The number of aromatic nitrogens is 1. The minimum absolute atomic E-state index is 0.108. The van der Waals surface area contributed by atoms with Gasteiger partial charge in [0.1, 0.15) is 5.15 Å². The monoisotopic (exact) mass is 270 g/mol. The molecule has 0 radical (unpaired) electrons. The summed E-state index contributed by atoms with van der Waals surface area (Å²) in [7, 11) is 0. The van der Waals surface area contributed by atoms with Gasteiger partial charge in [0, 0.05) is 17.3 Å². The molecule has 3 heteroatoms. The maximum absolute atomic E-state index is 6.23. The van der Waals surface area contributed by atoms with Crippen molar-refractivity contribution in [2.45, 2.75) is 25.8 Å². The van der Waals surface area contributed by atoms with Crippen molar-refractivity contribution in [3.8, 4) is 0 Å². The van der Waals surface area contributed by atoms with Crippen LogP contribution in [0.25, 0.3) is 0 Å². The van der Waals surface area contributed by atoms with Gasteiger partial charge in [0.2, 0.25) is 0 Å². The highest BCUT2D eigenvalue weighted by molar-refractivity contribution is 6.34. The van der Waals surface area contributed by atoms with Crippen molar-refractivity contribution >= 4 is 17.3 Å². The molecule has 0 saturated carbocycles. The predicted molar refractivity (Wildman–Crippen MR) is 79.1 cm³/mol. The lowest BCUT2D eigenvalue weighted by atomic mass is 9.85. The molecule has 19 heavy (non-hydrogen) atoms. The Bertz CT molecular complexity index is 659. The Balaban J connectivity index is 2.24. The van der Waals surface area contributed by atoms with Gasteiger partial charge in [-0.25, -0.2) is 4.98 Å². The SMILES string of the molecule is CC1(C)Cc2ccccc2C(c2cccnc2Cl)=N1. The second kappa shape index (κ2) is 4.46. The highest BCUT2D eigenvalue weighted by Gasteiger charge is 2.27. The summed E-state index contributed by atoms with van der Waals surface area (Å²) in [5.74, 6) is 0. The van der Waals surface area contributed by atoms with Crippen LogP contribution in [-0.2, 0) is 6.42 Å². The van der Waals surface area contributed by atoms with Gasteiger partial charge in [0.25, 0.3) is 0 Å². The summed E-state index contributed by atoms with van der Waals surface area (Å²) in [5.41, 5.74) is 4.23. The number of rotatable bonds is 1. The van der Waals surface area contributed by atoms with E-state index in [-0.39, 0.29) is 5.54 Å². The zero-order chi connectivity index (χ0) is 13.5. The van der Waals surface area contributed by atoms with E-state index in [1.165, 1.54) is 5.56 Å². The third kappa shape index (κ3) is 2.28. The van der Waals surface area contributed by atoms with Gasteiger partial charge in [-0.3, -0.25) is 4.99 Å². The summed E-state index contributed by atoms with van der Waals surface area (Å²) < 4.78 is 0. The molecular formula is C16H15ClN2. The average Bonchev–Trinajstić information content (AvgIpc) is 2.37. The Hall–Kier alpha value is -1.67. The van der Waals surface area contributed by atoms with Crippen LogP contribution in [-0.4, -0.2) is 16.2 Å². The molecule has 0 unspecified atom stereocenters. The first-order valence-corrected chi connectivity index (χ1v) is 6.74. The van der Waals surface area contributed by atoms with Crippen LogP contribution in [0.15, 0.2) is 47.6 Å². The topological polar surface area (TPSA) is 25.2 Å². The number of benzene rings is 1. The largest absolute Gasteiger partial charge is 0.278 e. The van der Waals surface area contributed by atoms with Gasteiger partial charge in [-0.05, 0) is 38.0 Å². The zero-order valence-electron chi connectivity index (χ0n) is 11.0. The summed E-state index contributed by atoms with van der Waals surface area (Å²) in [6.45, 7) is 4.29. The van der Waals surface area contributed by atoms with E-state index in [2.05, 4.69) is 37.0 Å². The molecule has 0 N–H and O–H groups in total. The molecule has 0 amide bonds. The fourth-order valence-corrected chi connectivity index (χ4v) is 2.75. The average molecular weight is 271 g/mol. The minimum atomic E-state index is -0.108. The highest BCUT2D eigenvalue weighted by Crippen LogP contribution is 2.30. The number of hydrogen-bond acceptors (Lipinski definition) is 2. The van der Waals surface area contributed by atoms with E-state index in [0.29, 0.717) is 5.15 Å². The third-order valence-electron chi connectivity index (χ3n) is 3.32. The fourth-order valence-electron chi connectivity index (χ4n) is 2.54. The molecule has 1 aromatic carbocycles. The summed E-state index contributed by atoms with van der Waals surface area (Å²) in [6.07, 6.45) is 2.65. The molecule has 1 aromatic heterocycles. The van der Waals surface area contributed by atoms with E-state index in [4.69, 9.17) is 16.6 Å². The van der Waals surface area contributed by atoms with Crippen molar-refractivity contribution in [2.24, 2.45) is 4.99 Å². The van der Waals surface area contributed by atoms with E-state index in [1.54, 1.807) is 6.20 Å². The van der Waals surface area contributed by atoms with Crippen LogP contribution in [0.3, 0.4) is 0 Å². The molecule has 0 spiro atoms. The molecular weight excluding hydrogens is 256 g/mol. The molecule has 2 heterocycles. The van der Waals surface area contributed by atoms with Crippen molar-refractivity contribution in [1.29, 1.82) is 0 Å². The molecule has 0 aliphatic carbocycles. The lowest BCUT2D eigenvalue weighted by Crippen LogP contribution is -2.29. The molecule has 0 bridgehead atoms. The van der Waals surface area contributed by atoms with Gasteiger partial charge < -0.3 is 0 Å². The summed E-state index contributed by atoms with van der Waals surface area (Å²) in [6, 6.07) is 12.3. The first-order chi connectivity index (χ1) is 9.07. The van der Waals surface area contributed by atoms with Crippen molar-refractivity contribution in [1.82, 2.24) is 4.98 Å². The Kier molecular flexibility index (Phi) is 2.90. The predicted octanol–water partition coefficient (Wildman–Crippen LogP) is 3.91. The second-order valence-electron chi connectivity index (χ2n) is 5.45. The van der Waals surface area contributed by atoms with E-state index in [9.17, 15) is 0 Å². The van der Waals surface area contributed by atoms with E-state index >= 15 is 0 Å². The van der Waals surface area contributed by atoms with Crippen LogP contribution in [0.5, 0.6) is 0 Å². The molecule has 0 saturated heterocycles. The summed E-state index contributed by atoms with van der Waals surface area (Å²) >= 11 is 6.23. The molecule has 0 atom stereocenters. The van der Waals surface area contributed by atoms with Gasteiger partial charge in [-0.1, -0.05) is 35.9 Å². The number of fused-ring (bicyclic) bond motifs is 1. The van der Waals surface area contributed by atoms with Crippen LogP contribution in [0.4, 0.5) is 0 Å². The Morgan fingerprint density at radius 3 is 2.58 bits per heavy atom. The van der Waals surface area contributed by atoms with Crippen LogP contribution in [0, 0.1) is 0 Å². The number of aliphatic imine (C=N–C) groups is 1. The second-order valence-corrected chi connectivity index (χ2v) is 5.81. The van der Waals surface area contributed by atoms with Crippen molar-refractivity contribution in [3.63, 3.8) is 0 Å². The standard InChI is InChI=1S/C16H15ClN2/c1-16(2)10-11-6-3-4-7-12(11)14(19-16)13-8-5-9-18-15(13)17/h3-9H,10H2,1-2H3. The van der Waals surface area contributed by atoms with Gasteiger partial charge in [-0.15, -0.1) is 0 Å². The quantitative estimate of drug-likeness (QED) is 0.722. The Morgan fingerprint density at radius 2 is 1.79 bits per heavy atom. The maximum atomic E-state index is 6.23. The molecule has 1 aliphatic heterocycles. The lowest BCUT2D eigenvalue weighted by Gasteiger charge is -2.29. The number of pyridine rings is 1. The van der Waals surface area contributed by atoms with Crippen LogP contribution >= 0.6 is 11.6 Å². The first-order valence-electron chi connectivity index (χ1n) is 6.36. The summed E-state index contributed by atoms with van der Waals surface area (Å²) in [4.78, 5) is 9.04. The molecule has 2 aromatic rings. The third-order valence-corrected chi connectivity index (χ3v) is 3.63. The molecule has 1 aliphatic rings.